The monoisotopic (exact) mass is 306 g/mol. The first-order chi connectivity index (χ1) is 10.6. The first kappa shape index (κ1) is 14.9. The Hall–Kier alpha value is -2.04. The molecule has 0 radical (unpaired) electrons. The van der Waals surface area contributed by atoms with Crippen LogP contribution in [0.15, 0.2) is 30.5 Å². The third-order valence-electron chi connectivity index (χ3n) is 4.04. The van der Waals surface area contributed by atoms with Gasteiger partial charge in [-0.15, -0.1) is 0 Å². The van der Waals surface area contributed by atoms with Crippen molar-refractivity contribution in [3.63, 3.8) is 0 Å². The molecule has 0 amide bonds. The van der Waals surface area contributed by atoms with Gasteiger partial charge in [-0.25, -0.2) is 18.2 Å². The molecule has 2 heterocycles. The molecule has 1 aromatic heterocycles. The molecule has 0 aliphatic carbocycles. The molecule has 116 valence electrons. The Labute approximate surface area is 127 Å². The van der Waals surface area contributed by atoms with Gasteiger partial charge >= 0.3 is 0 Å². The highest BCUT2D eigenvalue weighted by atomic mass is 19.1. The molecule has 1 aliphatic heterocycles. The molecule has 0 N–H and O–H groups in total. The van der Waals surface area contributed by atoms with Gasteiger partial charge in [0.1, 0.15) is 23.6 Å². The van der Waals surface area contributed by atoms with Crippen molar-refractivity contribution in [3.05, 3.63) is 47.7 Å². The average molecular weight is 306 g/mol. The normalized spacial score (nSPS) is 18.0. The van der Waals surface area contributed by atoms with Crippen molar-refractivity contribution >= 4 is 5.82 Å². The van der Waals surface area contributed by atoms with Crippen molar-refractivity contribution in [1.82, 2.24) is 4.98 Å². The molecular formula is C17H17F3N2. The summed E-state index contributed by atoms with van der Waals surface area (Å²) in [5.41, 5.74) is 1.66. The molecule has 1 atom stereocenters. The van der Waals surface area contributed by atoms with Crippen molar-refractivity contribution < 1.29 is 13.2 Å². The molecule has 0 spiro atoms. The third kappa shape index (κ3) is 2.67. The van der Waals surface area contributed by atoms with Gasteiger partial charge in [-0.1, -0.05) is 6.92 Å². The second-order valence-electron chi connectivity index (χ2n) is 5.47. The van der Waals surface area contributed by atoms with E-state index in [1.165, 1.54) is 6.07 Å². The van der Waals surface area contributed by atoms with Gasteiger partial charge in [-0.2, -0.15) is 0 Å². The maximum Gasteiger partial charge on any atom is 0.132 e. The van der Waals surface area contributed by atoms with E-state index in [2.05, 4.69) is 4.98 Å². The minimum absolute atomic E-state index is 0.219. The van der Waals surface area contributed by atoms with Crippen LogP contribution in [0.25, 0.3) is 11.1 Å². The number of hydrogen-bond acceptors (Lipinski definition) is 2. The molecule has 2 aromatic rings. The minimum atomic E-state index is -0.860. The van der Waals surface area contributed by atoms with E-state index >= 15 is 0 Å². The highest BCUT2D eigenvalue weighted by Gasteiger charge is 2.25. The van der Waals surface area contributed by atoms with E-state index in [-0.39, 0.29) is 5.56 Å². The smallest absolute Gasteiger partial charge is 0.132 e. The van der Waals surface area contributed by atoms with Crippen LogP contribution in [0.5, 0.6) is 0 Å². The Kier molecular flexibility index (Phi) is 4.05. The van der Waals surface area contributed by atoms with Crippen LogP contribution in [-0.4, -0.2) is 24.2 Å². The summed E-state index contributed by atoms with van der Waals surface area (Å²) in [7, 11) is 0. The lowest BCUT2D eigenvalue weighted by molar-refractivity contribution is 0.364. The molecule has 1 aliphatic rings. The standard InChI is InChI=1S/C17H17F3N2/c1-2-13-14(15-9-11(18)3-4-16(15)20)5-7-21-17(13)22-8-6-12(19)10-22/h3-5,7,9,12H,2,6,8,10H2,1H3/t12-/m0/s1. The zero-order valence-electron chi connectivity index (χ0n) is 12.3. The van der Waals surface area contributed by atoms with Crippen LogP contribution >= 0.6 is 0 Å². The molecule has 5 heteroatoms. The van der Waals surface area contributed by atoms with Crippen molar-refractivity contribution in [2.24, 2.45) is 0 Å². The molecule has 22 heavy (non-hydrogen) atoms. The number of aromatic nitrogens is 1. The van der Waals surface area contributed by atoms with E-state index < -0.39 is 17.8 Å². The van der Waals surface area contributed by atoms with Crippen LogP contribution in [0, 0.1) is 11.6 Å². The number of anilines is 1. The number of pyridine rings is 1. The summed E-state index contributed by atoms with van der Waals surface area (Å²) in [5.74, 6) is -0.288. The maximum atomic E-state index is 14.1. The summed E-state index contributed by atoms with van der Waals surface area (Å²) in [6, 6.07) is 5.09. The van der Waals surface area contributed by atoms with E-state index in [1.807, 2.05) is 11.8 Å². The molecule has 1 fully saturated rings. The van der Waals surface area contributed by atoms with E-state index in [9.17, 15) is 13.2 Å². The highest BCUT2D eigenvalue weighted by molar-refractivity contribution is 5.73. The van der Waals surface area contributed by atoms with Crippen LogP contribution in [0.1, 0.15) is 18.9 Å². The second-order valence-corrected chi connectivity index (χ2v) is 5.47. The molecule has 1 saturated heterocycles. The van der Waals surface area contributed by atoms with Crippen molar-refractivity contribution in [1.29, 1.82) is 0 Å². The zero-order chi connectivity index (χ0) is 15.7. The van der Waals surface area contributed by atoms with Crippen LogP contribution in [0.4, 0.5) is 19.0 Å². The van der Waals surface area contributed by atoms with Gasteiger partial charge in [-0.3, -0.25) is 0 Å². The van der Waals surface area contributed by atoms with Gasteiger partial charge in [0.05, 0.1) is 6.54 Å². The number of hydrogen-bond donors (Lipinski definition) is 0. The van der Waals surface area contributed by atoms with E-state index in [0.29, 0.717) is 37.3 Å². The third-order valence-corrected chi connectivity index (χ3v) is 4.04. The van der Waals surface area contributed by atoms with Gasteiger partial charge in [-0.05, 0) is 42.7 Å². The predicted octanol–water partition coefficient (Wildman–Crippen LogP) is 4.14. The molecule has 3 rings (SSSR count). The fourth-order valence-electron chi connectivity index (χ4n) is 2.97. The molecular weight excluding hydrogens is 289 g/mol. The van der Waals surface area contributed by atoms with Gasteiger partial charge in [0.2, 0.25) is 0 Å². The van der Waals surface area contributed by atoms with E-state index in [0.717, 1.165) is 17.7 Å². The first-order valence-electron chi connectivity index (χ1n) is 7.42. The van der Waals surface area contributed by atoms with Gasteiger partial charge in [0, 0.05) is 23.9 Å². The molecule has 2 nitrogen and oxygen atoms in total. The van der Waals surface area contributed by atoms with Gasteiger partial charge < -0.3 is 4.90 Å². The fourth-order valence-corrected chi connectivity index (χ4v) is 2.97. The van der Waals surface area contributed by atoms with Gasteiger partial charge in [0.15, 0.2) is 0 Å². The lowest BCUT2D eigenvalue weighted by atomic mass is 9.98. The molecule has 0 bridgehead atoms. The Morgan fingerprint density at radius 3 is 2.73 bits per heavy atom. The summed E-state index contributed by atoms with van der Waals surface area (Å²) in [5, 5.41) is 0. The number of benzene rings is 1. The largest absolute Gasteiger partial charge is 0.353 e. The zero-order valence-corrected chi connectivity index (χ0v) is 12.3. The molecule has 0 saturated carbocycles. The average Bonchev–Trinajstić information content (AvgIpc) is 2.95. The van der Waals surface area contributed by atoms with E-state index in [4.69, 9.17) is 0 Å². The van der Waals surface area contributed by atoms with Crippen LogP contribution in [0.2, 0.25) is 0 Å². The number of alkyl halides is 1. The Balaban J connectivity index is 2.10. The van der Waals surface area contributed by atoms with Crippen molar-refractivity contribution in [3.8, 4) is 11.1 Å². The van der Waals surface area contributed by atoms with Crippen molar-refractivity contribution in [2.75, 3.05) is 18.0 Å². The summed E-state index contributed by atoms with van der Waals surface area (Å²) >= 11 is 0. The SMILES string of the molecule is CCc1c(-c2cc(F)ccc2F)ccnc1N1CC[C@H](F)C1. The van der Waals surface area contributed by atoms with Crippen molar-refractivity contribution in [2.45, 2.75) is 25.9 Å². The topological polar surface area (TPSA) is 16.1 Å². The van der Waals surface area contributed by atoms with Crippen LogP contribution < -0.4 is 4.90 Å². The lowest BCUT2D eigenvalue weighted by Gasteiger charge is -2.22. The Morgan fingerprint density at radius 2 is 2.05 bits per heavy atom. The predicted molar refractivity (Wildman–Crippen MR) is 80.7 cm³/mol. The number of nitrogens with zero attached hydrogens (tertiary/aromatic N) is 2. The summed E-state index contributed by atoms with van der Waals surface area (Å²) < 4.78 is 41.0. The van der Waals surface area contributed by atoms with E-state index in [1.54, 1.807) is 12.3 Å². The quantitative estimate of drug-likeness (QED) is 0.847. The second kappa shape index (κ2) is 5.99. The minimum Gasteiger partial charge on any atom is -0.353 e. The highest BCUT2D eigenvalue weighted by Crippen LogP contribution is 2.33. The maximum absolute atomic E-state index is 14.1. The van der Waals surface area contributed by atoms with Gasteiger partial charge in [0.25, 0.3) is 0 Å². The lowest BCUT2D eigenvalue weighted by Crippen LogP contribution is -2.22. The number of rotatable bonds is 3. The summed E-state index contributed by atoms with van der Waals surface area (Å²) in [6.07, 6.45) is 1.80. The van der Waals surface area contributed by atoms with Crippen LogP contribution in [0.3, 0.4) is 0 Å². The number of halogens is 3. The molecule has 0 unspecified atom stereocenters. The Morgan fingerprint density at radius 1 is 1.23 bits per heavy atom. The summed E-state index contributed by atoms with van der Waals surface area (Å²) in [6.45, 7) is 2.83. The van der Waals surface area contributed by atoms with Crippen LogP contribution in [-0.2, 0) is 6.42 Å². The molecule has 1 aromatic carbocycles. The fraction of sp³-hybridized carbons (Fsp3) is 0.353. The summed E-state index contributed by atoms with van der Waals surface area (Å²) in [4.78, 5) is 6.23. The Bertz CT molecular complexity index is 688. The first-order valence-corrected chi connectivity index (χ1v) is 7.42.